The molecular weight excluding hydrogens is 352 g/mol. The first-order valence-electron chi connectivity index (χ1n) is 7.88. The third-order valence-corrected chi connectivity index (χ3v) is 4.46. The highest BCUT2D eigenvalue weighted by atomic mass is 32.1. The van der Waals surface area contributed by atoms with Crippen LogP contribution >= 0.6 is 11.3 Å². The van der Waals surface area contributed by atoms with E-state index in [1.165, 1.54) is 17.5 Å². The van der Waals surface area contributed by atoms with E-state index in [1.54, 1.807) is 10.9 Å². The predicted octanol–water partition coefficient (Wildman–Crippen LogP) is 3.40. The summed E-state index contributed by atoms with van der Waals surface area (Å²) in [5.41, 5.74) is 1.47. The number of benzene rings is 1. The molecule has 1 aromatic carbocycles. The molecular formula is C18H14N4O3S. The maximum atomic E-state index is 12.2. The van der Waals surface area contributed by atoms with Gasteiger partial charge in [0.25, 0.3) is 5.89 Å². The molecule has 3 heterocycles. The molecule has 8 heteroatoms. The van der Waals surface area contributed by atoms with E-state index in [0.717, 1.165) is 10.4 Å². The summed E-state index contributed by atoms with van der Waals surface area (Å²) in [5.74, 6) is 0.250. The van der Waals surface area contributed by atoms with Gasteiger partial charge in [-0.2, -0.15) is 10.1 Å². The predicted molar refractivity (Wildman–Crippen MR) is 94.5 cm³/mol. The summed E-state index contributed by atoms with van der Waals surface area (Å²) in [6, 6.07) is 13.7. The normalized spacial score (nSPS) is 10.8. The van der Waals surface area contributed by atoms with Crippen LogP contribution in [0.25, 0.3) is 10.7 Å². The zero-order valence-corrected chi connectivity index (χ0v) is 14.4. The molecule has 4 aromatic rings. The van der Waals surface area contributed by atoms with Crippen LogP contribution in [0.3, 0.4) is 0 Å². The summed E-state index contributed by atoms with van der Waals surface area (Å²) in [7, 11) is 0. The molecule has 0 amide bonds. The molecule has 3 aromatic heterocycles. The van der Waals surface area contributed by atoms with E-state index < -0.39 is 5.97 Å². The lowest BCUT2D eigenvalue weighted by Gasteiger charge is -2.01. The Balaban J connectivity index is 1.35. The van der Waals surface area contributed by atoms with Crippen LogP contribution in [0.15, 0.2) is 64.8 Å². The van der Waals surface area contributed by atoms with Gasteiger partial charge in [0.05, 0.1) is 23.2 Å². The summed E-state index contributed by atoms with van der Waals surface area (Å²) >= 11 is 1.51. The molecule has 130 valence electrons. The van der Waals surface area contributed by atoms with Gasteiger partial charge in [0.2, 0.25) is 5.82 Å². The average Bonchev–Trinajstić information content (AvgIpc) is 3.41. The lowest BCUT2D eigenvalue weighted by molar-refractivity contribution is 0.0429. The lowest BCUT2D eigenvalue weighted by atomic mass is 10.2. The number of carbonyl (C=O) groups is 1. The Hall–Kier alpha value is -3.26. The van der Waals surface area contributed by atoms with Crippen LogP contribution in [0, 0.1) is 0 Å². The first kappa shape index (κ1) is 16.2. The van der Waals surface area contributed by atoms with Gasteiger partial charge in [-0.3, -0.25) is 4.68 Å². The quantitative estimate of drug-likeness (QED) is 0.486. The molecule has 7 nitrogen and oxygen atoms in total. The fourth-order valence-corrected chi connectivity index (χ4v) is 3.01. The molecule has 0 fully saturated rings. The largest absolute Gasteiger partial charge is 0.452 e. The molecule has 0 spiro atoms. The fourth-order valence-electron chi connectivity index (χ4n) is 2.36. The zero-order chi connectivity index (χ0) is 17.8. The third-order valence-electron chi connectivity index (χ3n) is 3.59. The SMILES string of the molecule is O=C(OCc1nc(-c2cccs2)no1)c1cnn(Cc2ccccc2)c1. The van der Waals surface area contributed by atoms with Crippen molar-refractivity contribution in [1.82, 2.24) is 19.9 Å². The summed E-state index contributed by atoms with van der Waals surface area (Å²) in [5, 5.41) is 10.00. The van der Waals surface area contributed by atoms with Gasteiger partial charge >= 0.3 is 5.97 Å². The topological polar surface area (TPSA) is 83.0 Å². The van der Waals surface area contributed by atoms with Crippen molar-refractivity contribution in [1.29, 1.82) is 0 Å². The first-order chi connectivity index (χ1) is 12.8. The minimum Gasteiger partial charge on any atom is -0.452 e. The Bertz CT molecular complexity index is 993. The zero-order valence-electron chi connectivity index (χ0n) is 13.6. The highest BCUT2D eigenvalue weighted by Gasteiger charge is 2.14. The van der Waals surface area contributed by atoms with Crippen LogP contribution in [0.1, 0.15) is 21.8 Å². The number of nitrogens with zero attached hydrogens (tertiary/aromatic N) is 4. The van der Waals surface area contributed by atoms with E-state index in [0.29, 0.717) is 17.9 Å². The van der Waals surface area contributed by atoms with Crippen molar-refractivity contribution in [2.45, 2.75) is 13.2 Å². The fraction of sp³-hybridized carbons (Fsp3) is 0.111. The molecule has 4 rings (SSSR count). The molecule has 0 aliphatic rings. The molecule has 0 unspecified atom stereocenters. The molecule has 0 bridgehead atoms. The van der Waals surface area contributed by atoms with Gasteiger partial charge in [-0.25, -0.2) is 4.79 Å². The summed E-state index contributed by atoms with van der Waals surface area (Å²) in [4.78, 5) is 17.3. The number of esters is 1. The standard InChI is InChI=1S/C18H14N4O3S/c23-18(14-9-19-22(11-14)10-13-5-2-1-3-6-13)24-12-16-20-17(21-25-16)15-7-4-8-26-15/h1-9,11H,10,12H2. The second kappa shape index (κ2) is 7.32. The van der Waals surface area contributed by atoms with Crippen molar-refractivity contribution < 1.29 is 14.1 Å². The molecule has 26 heavy (non-hydrogen) atoms. The third kappa shape index (κ3) is 3.70. The van der Waals surface area contributed by atoms with E-state index in [1.807, 2.05) is 47.8 Å². The molecule has 0 saturated heterocycles. The summed E-state index contributed by atoms with van der Waals surface area (Å²) in [6.45, 7) is 0.503. The van der Waals surface area contributed by atoms with E-state index in [-0.39, 0.29) is 12.5 Å². The van der Waals surface area contributed by atoms with Gasteiger partial charge in [0, 0.05) is 6.20 Å². The molecule has 0 atom stereocenters. The minimum absolute atomic E-state index is 0.0823. The van der Waals surface area contributed by atoms with Gasteiger partial charge in [-0.1, -0.05) is 41.6 Å². The molecule has 0 radical (unpaired) electrons. The van der Waals surface area contributed by atoms with Gasteiger partial charge in [-0.15, -0.1) is 11.3 Å². The lowest BCUT2D eigenvalue weighted by Crippen LogP contribution is -2.05. The van der Waals surface area contributed by atoms with Crippen molar-refractivity contribution in [3.63, 3.8) is 0 Å². The van der Waals surface area contributed by atoms with Crippen LogP contribution in [-0.2, 0) is 17.9 Å². The molecule has 0 N–H and O–H groups in total. The van der Waals surface area contributed by atoms with Crippen molar-refractivity contribution in [3.8, 4) is 10.7 Å². The van der Waals surface area contributed by atoms with E-state index in [9.17, 15) is 4.79 Å². The number of carbonyl (C=O) groups excluding carboxylic acids is 1. The van der Waals surface area contributed by atoms with Gasteiger partial charge < -0.3 is 9.26 Å². The number of hydrogen-bond donors (Lipinski definition) is 0. The van der Waals surface area contributed by atoms with Crippen molar-refractivity contribution in [2.75, 3.05) is 0 Å². The van der Waals surface area contributed by atoms with Crippen molar-refractivity contribution >= 4 is 17.3 Å². The van der Waals surface area contributed by atoms with Gasteiger partial charge in [0.15, 0.2) is 6.61 Å². The van der Waals surface area contributed by atoms with Gasteiger partial charge in [0.1, 0.15) is 0 Å². The van der Waals surface area contributed by atoms with Crippen LogP contribution in [0.4, 0.5) is 0 Å². The highest BCUT2D eigenvalue weighted by Crippen LogP contribution is 2.21. The molecule has 0 aliphatic carbocycles. The smallest absolute Gasteiger partial charge is 0.341 e. The van der Waals surface area contributed by atoms with Crippen molar-refractivity contribution in [3.05, 3.63) is 77.3 Å². The van der Waals surface area contributed by atoms with Crippen LogP contribution in [0.5, 0.6) is 0 Å². The Morgan fingerprint density at radius 2 is 2.08 bits per heavy atom. The number of thiophene rings is 1. The Labute approximate surface area is 152 Å². The summed E-state index contributed by atoms with van der Waals surface area (Å²) in [6.07, 6.45) is 3.14. The number of rotatable bonds is 6. The Kier molecular flexibility index (Phi) is 4.57. The van der Waals surface area contributed by atoms with E-state index in [4.69, 9.17) is 9.26 Å². The van der Waals surface area contributed by atoms with Crippen LogP contribution < -0.4 is 0 Å². The average molecular weight is 366 g/mol. The minimum atomic E-state index is -0.486. The Morgan fingerprint density at radius 1 is 1.19 bits per heavy atom. The van der Waals surface area contributed by atoms with E-state index >= 15 is 0 Å². The van der Waals surface area contributed by atoms with E-state index in [2.05, 4.69) is 15.2 Å². The van der Waals surface area contributed by atoms with Crippen LogP contribution in [0.2, 0.25) is 0 Å². The maximum Gasteiger partial charge on any atom is 0.341 e. The molecule has 0 aliphatic heterocycles. The maximum absolute atomic E-state index is 12.2. The second-order valence-corrected chi connectivity index (χ2v) is 6.43. The number of ether oxygens (including phenoxy) is 1. The summed E-state index contributed by atoms with van der Waals surface area (Å²) < 4.78 is 12.0. The molecule has 0 saturated carbocycles. The van der Waals surface area contributed by atoms with Crippen LogP contribution in [-0.4, -0.2) is 25.9 Å². The Morgan fingerprint density at radius 3 is 2.88 bits per heavy atom. The number of aromatic nitrogens is 4. The number of hydrogen-bond acceptors (Lipinski definition) is 7. The first-order valence-corrected chi connectivity index (χ1v) is 8.76. The van der Waals surface area contributed by atoms with Gasteiger partial charge in [-0.05, 0) is 17.0 Å². The monoisotopic (exact) mass is 366 g/mol. The highest BCUT2D eigenvalue weighted by molar-refractivity contribution is 7.13. The van der Waals surface area contributed by atoms with Crippen molar-refractivity contribution in [2.24, 2.45) is 0 Å². The second-order valence-electron chi connectivity index (χ2n) is 5.48.